The van der Waals surface area contributed by atoms with Crippen molar-refractivity contribution in [3.05, 3.63) is 107 Å². The lowest BCUT2D eigenvalue weighted by Crippen LogP contribution is -2.14. The van der Waals surface area contributed by atoms with Crippen molar-refractivity contribution in [3.63, 3.8) is 0 Å². The molecule has 0 radical (unpaired) electrons. The summed E-state index contributed by atoms with van der Waals surface area (Å²) in [6.07, 6.45) is 1.44. The van der Waals surface area contributed by atoms with Gasteiger partial charge in [0.05, 0.1) is 21.8 Å². The van der Waals surface area contributed by atoms with Crippen LogP contribution in [-0.4, -0.2) is 23.6 Å². The largest absolute Gasteiger partial charge is 0.277 e. The number of rotatable bonds is 4. The molecular formula is C26H15ClF2N4O2S. The number of H-pyrrole nitrogens is 1. The third-order valence-corrected chi connectivity index (χ3v) is 6.84. The van der Waals surface area contributed by atoms with Crippen LogP contribution in [0, 0.1) is 23.5 Å². The van der Waals surface area contributed by atoms with E-state index in [2.05, 4.69) is 31.7 Å². The number of anilines is 1. The number of fused-ring (bicyclic) bond motifs is 1. The first kappa shape index (κ1) is 23.5. The van der Waals surface area contributed by atoms with E-state index in [1.165, 1.54) is 30.5 Å². The summed E-state index contributed by atoms with van der Waals surface area (Å²) >= 11 is 5.86. The fourth-order valence-electron chi connectivity index (χ4n) is 3.51. The molecule has 0 saturated heterocycles. The zero-order chi connectivity index (χ0) is 25.3. The van der Waals surface area contributed by atoms with Crippen LogP contribution < -0.4 is 4.72 Å². The molecule has 0 amide bonds. The number of aromatic amines is 1. The fourth-order valence-corrected chi connectivity index (χ4v) is 4.87. The summed E-state index contributed by atoms with van der Waals surface area (Å²) in [4.78, 5) is 4.09. The number of benzene rings is 3. The molecule has 2 N–H and O–H groups in total. The molecule has 2 aromatic heterocycles. The minimum Gasteiger partial charge on any atom is -0.277 e. The Morgan fingerprint density at radius 3 is 2.53 bits per heavy atom. The molecule has 0 aliphatic heterocycles. The second-order valence-electron chi connectivity index (χ2n) is 7.66. The Balaban J connectivity index is 1.50. The van der Waals surface area contributed by atoms with Gasteiger partial charge < -0.3 is 0 Å². The normalized spacial score (nSPS) is 11.2. The molecule has 0 aliphatic rings. The van der Waals surface area contributed by atoms with Crippen LogP contribution >= 0.6 is 11.6 Å². The summed E-state index contributed by atoms with van der Waals surface area (Å²) in [5.74, 6) is 3.09. The first-order valence-electron chi connectivity index (χ1n) is 10.5. The predicted molar refractivity (Wildman–Crippen MR) is 134 cm³/mol. The van der Waals surface area contributed by atoms with Gasteiger partial charge in [-0.15, -0.1) is 0 Å². The molecule has 0 atom stereocenters. The van der Waals surface area contributed by atoms with Crippen molar-refractivity contribution < 1.29 is 17.2 Å². The van der Waals surface area contributed by atoms with Gasteiger partial charge in [-0.05, 0) is 36.4 Å². The van der Waals surface area contributed by atoms with E-state index in [-0.39, 0.29) is 9.92 Å². The van der Waals surface area contributed by atoms with Crippen LogP contribution in [0.5, 0.6) is 0 Å². The van der Waals surface area contributed by atoms with Crippen molar-refractivity contribution in [1.29, 1.82) is 0 Å². The van der Waals surface area contributed by atoms with Gasteiger partial charge in [0.2, 0.25) is 0 Å². The van der Waals surface area contributed by atoms with Crippen LogP contribution in [0.2, 0.25) is 5.02 Å². The zero-order valence-electron chi connectivity index (χ0n) is 18.3. The maximum Gasteiger partial charge on any atom is 0.262 e. The zero-order valence-corrected chi connectivity index (χ0v) is 19.8. The fraction of sp³-hybridized carbons (Fsp3) is 0. The molecule has 0 unspecified atom stereocenters. The topological polar surface area (TPSA) is 87.7 Å². The van der Waals surface area contributed by atoms with Crippen molar-refractivity contribution in [2.45, 2.75) is 4.90 Å². The highest BCUT2D eigenvalue weighted by atomic mass is 35.5. The van der Waals surface area contributed by atoms with Crippen LogP contribution in [-0.2, 0) is 10.0 Å². The number of aromatic nitrogens is 3. The van der Waals surface area contributed by atoms with Crippen molar-refractivity contribution in [1.82, 2.24) is 15.2 Å². The average molecular weight is 521 g/mol. The molecule has 36 heavy (non-hydrogen) atoms. The van der Waals surface area contributed by atoms with Crippen LogP contribution in [0.4, 0.5) is 14.5 Å². The van der Waals surface area contributed by atoms with Gasteiger partial charge in [-0.2, -0.15) is 5.10 Å². The van der Waals surface area contributed by atoms with Crippen LogP contribution in [0.1, 0.15) is 11.1 Å². The molecule has 0 aliphatic carbocycles. The number of hydrogen-bond acceptors (Lipinski definition) is 4. The molecule has 6 nitrogen and oxygen atoms in total. The predicted octanol–water partition coefficient (Wildman–Crippen LogP) is 5.76. The molecule has 5 aromatic rings. The van der Waals surface area contributed by atoms with Crippen molar-refractivity contribution >= 4 is 38.3 Å². The van der Waals surface area contributed by atoms with Gasteiger partial charge >= 0.3 is 0 Å². The van der Waals surface area contributed by atoms with Gasteiger partial charge in [0, 0.05) is 27.7 Å². The molecular weight excluding hydrogens is 506 g/mol. The summed E-state index contributed by atoms with van der Waals surface area (Å²) in [5.41, 5.74) is 1.45. The number of nitrogens with zero attached hydrogens (tertiary/aromatic N) is 2. The van der Waals surface area contributed by atoms with Crippen LogP contribution in [0.3, 0.4) is 0 Å². The minimum absolute atomic E-state index is 0.167. The summed E-state index contributed by atoms with van der Waals surface area (Å²) in [7, 11) is -4.17. The lowest BCUT2D eigenvalue weighted by atomic mass is 10.1. The Bertz CT molecular complexity index is 1780. The molecule has 5 rings (SSSR count). The van der Waals surface area contributed by atoms with Gasteiger partial charge in [-0.3, -0.25) is 9.82 Å². The Kier molecular flexibility index (Phi) is 6.14. The third kappa shape index (κ3) is 4.64. The van der Waals surface area contributed by atoms with E-state index in [1.54, 1.807) is 6.07 Å². The van der Waals surface area contributed by atoms with Crippen LogP contribution in [0.25, 0.3) is 22.3 Å². The van der Waals surface area contributed by atoms with E-state index in [0.717, 1.165) is 23.4 Å². The number of hydrogen-bond donors (Lipinski definition) is 2. The maximum atomic E-state index is 15.1. The summed E-state index contributed by atoms with van der Waals surface area (Å²) in [6.45, 7) is 0. The molecule has 2 heterocycles. The van der Waals surface area contributed by atoms with E-state index < -0.39 is 32.9 Å². The Labute approximate surface area is 210 Å². The van der Waals surface area contributed by atoms with E-state index >= 15 is 4.39 Å². The summed E-state index contributed by atoms with van der Waals surface area (Å²) in [6, 6.07) is 18.6. The molecule has 3 aromatic carbocycles. The Morgan fingerprint density at radius 1 is 0.944 bits per heavy atom. The number of pyridine rings is 1. The summed E-state index contributed by atoms with van der Waals surface area (Å²) < 4.78 is 57.0. The van der Waals surface area contributed by atoms with Gasteiger partial charge in [0.25, 0.3) is 10.0 Å². The van der Waals surface area contributed by atoms with E-state index in [9.17, 15) is 12.8 Å². The molecule has 0 bridgehead atoms. The number of halogens is 3. The van der Waals surface area contributed by atoms with Gasteiger partial charge in [0.15, 0.2) is 11.5 Å². The first-order valence-corrected chi connectivity index (χ1v) is 12.4. The van der Waals surface area contributed by atoms with Crippen molar-refractivity contribution in [3.8, 4) is 23.1 Å². The summed E-state index contributed by atoms with van der Waals surface area (Å²) in [5, 5.41) is 8.01. The molecule has 10 heteroatoms. The van der Waals surface area contributed by atoms with E-state index in [1.807, 2.05) is 30.3 Å². The van der Waals surface area contributed by atoms with Crippen LogP contribution in [0.15, 0.2) is 83.9 Å². The second kappa shape index (κ2) is 9.41. The number of sulfonamides is 1. The minimum atomic E-state index is -4.17. The maximum absolute atomic E-state index is 15.1. The lowest BCUT2D eigenvalue weighted by molar-refractivity contribution is 0.578. The molecule has 0 spiro atoms. The van der Waals surface area contributed by atoms with Crippen molar-refractivity contribution in [2.24, 2.45) is 0 Å². The lowest BCUT2D eigenvalue weighted by Gasteiger charge is -2.10. The molecule has 0 saturated carbocycles. The van der Waals surface area contributed by atoms with Crippen molar-refractivity contribution in [2.75, 3.05) is 4.72 Å². The third-order valence-electron chi connectivity index (χ3n) is 5.25. The van der Waals surface area contributed by atoms with Gasteiger partial charge in [-0.25, -0.2) is 22.2 Å². The van der Waals surface area contributed by atoms with E-state index in [4.69, 9.17) is 11.6 Å². The first-order chi connectivity index (χ1) is 17.3. The standard InChI is InChI=1S/C26H15ClF2N4O2S/c27-18-7-4-8-19(14-18)36(34,35)33-23-12-11-22(28)20(24(23)29)10-9-16-13-21-25(17-5-2-1-3-6-17)31-32-26(21)30-15-16/h1-8,11-15,33H,(H,30,31,32). The quantitative estimate of drug-likeness (QED) is 0.295. The SMILES string of the molecule is O=S(=O)(Nc1ccc(F)c(C#Cc2cnc3n[nH]c(-c4ccccc4)c3c2)c1F)c1cccc(Cl)c1. The molecule has 178 valence electrons. The smallest absolute Gasteiger partial charge is 0.262 e. The molecule has 0 fully saturated rings. The number of nitrogens with one attached hydrogen (secondary N) is 2. The van der Waals surface area contributed by atoms with Gasteiger partial charge in [-0.1, -0.05) is 59.8 Å². The average Bonchev–Trinajstić information content (AvgIpc) is 3.29. The monoisotopic (exact) mass is 520 g/mol. The Morgan fingerprint density at radius 2 is 1.75 bits per heavy atom. The van der Waals surface area contributed by atoms with Gasteiger partial charge in [0.1, 0.15) is 5.82 Å². The highest BCUT2D eigenvalue weighted by Gasteiger charge is 2.19. The highest BCUT2D eigenvalue weighted by molar-refractivity contribution is 7.92. The Hall–Kier alpha value is -4.26. The van der Waals surface area contributed by atoms with E-state index in [0.29, 0.717) is 16.6 Å². The highest BCUT2D eigenvalue weighted by Crippen LogP contribution is 2.27. The second-order valence-corrected chi connectivity index (χ2v) is 9.78.